The number of halogens is 3. The van der Waals surface area contributed by atoms with Gasteiger partial charge < -0.3 is 0 Å². The molecule has 0 fully saturated rings. The van der Waals surface area contributed by atoms with Gasteiger partial charge in [-0.2, -0.15) is 18.3 Å². The molecule has 0 bridgehead atoms. The summed E-state index contributed by atoms with van der Waals surface area (Å²) in [6.07, 6.45) is -3.33. The fourth-order valence-electron chi connectivity index (χ4n) is 0.709. The summed E-state index contributed by atoms with van der Waals surface area (Å²) in [6.45, 7) is 3.25. The molecule has 0 radical (unpaired) electrons. The molecule has 6 heteroatoms. The highest BCUT2D eigenvalue weighted by molar-refractivity contribution is 6.04. The first-order valence-corrected chi connectivity index (χ1v) is 3.29. The molecule has 1 aromatic heterocycles. The molecule has 1 rings (SSSR count). The van der Waals surface area contributed by atoms with E-state index in [4.69, 9.17) is 5.41 Å². The molecular weight excluding hydrogens is 183 g/mol. The van der Waals surface area contributed by atoms with Crippen LogP contribution in [0.3, 0.4) is 0 Å². The molecule has 0 aromatic carbocycles. The number of aromatic amines is 1. The summed E-state index contributed by atoms with van der Waals surface area (Å²) in [4.78, 5) is 0. The van der Waals surface area contributed by atoms with E-state index in [0.717, 1.165) is 12.1 Å². The Balaban J connectivity index is 3.00. The smallest absolute Gasteiger partial charge is 0.299 e. The van der Waals surface area contributed by atoms with E-state index in [9.17, 15) is 13.2 Å². The van der Waals surface area contributed by atoms with Gasteiger partial charge in [-0.3, -0.25) is 10.5 Å². The van der Waals surface area contributed by atoms with E-state index in [1.165, 1.54) is 0 Å². The minimum absolute atomic E-state index is 0.0673. The van der Waals surface area contributed by atoms with E-state index in [0.29, 0.717) is 0 Å². The van der Waals surface area contributed by atoms with Gasteiger partial charge in [-0.05, 0) is 12.1 Å². The van der Waals surface area contributed by atoms with Gasteiger partial charge in [-0.25, -0.2) is 0 Å². The lowest BCUT2D eigenvalue weighted by Gasteiger charge is -1.99. The molecule has 2 N–H and O–H groups in total. The third-order valence-electron chi connectivity index (χ3n) is 1.36. The lowest BCUT2D eigenvalue weighted by Crippen LogP contribution is -2.04. The van der Waals surface area contributed by atoms with Gasteiger partial charge in [0, 0.05) is 0 Å². The van der Waals surface area contributed by atoms with Crippen LogP contribution < -0.4 is 0 Å². The molecular formula is C7H6F3N3. The average Bonchev–Trinajstić information content (AvgIpc) is 2.50. The maximum Gasteiger partial charge on any atom is 0.432 e. The van der Waals surface area contributed by atoms with E-state index < -0.39 is 11.9 Å². The topological polar surface area (TPSA) is 52.5 Å². The van der Waals surface area contributed by atoms with E-state index in [-0.39, 0.29) is 11.4 Å². The number of H-pyrrole nitrogens is 1. The lowest BCUT2D eigenvalue weighted by molar-refractivity contribution is -0.141. The van der Waals surface area contributed by atoms with E-state index in [1.54, 1.807) is 5.10 Å². The Morgan fingerprint density at radius 1 is 1.62 bits per heavy atom. The molecule has 0 saturated carbocycles. The number of hydrogen-bond acceptors (Lipinski definition) is 2. The molecule has 13 heavy (non-hydrogen) atoms. The van der Waals surface area contributed by atoms with Crippen molar-refractivity contribution in [3.8, 4) is 0 Å². The number of allylic oxidation sites excluding steroid dienone is 1. The Hall–Kier alpha value is -1.59. The number of nitrogens with one attached hydrogen (secondary N) is 2. The Labute approximate surface area is 71.8 Å². The summed E-state index contributed by atoms with van der Waals surface area (Å²) in [5.41, 5.74) is -1.18. The summed E-state index contributed by atoms with van der Waals surface area (Å²) in [5.74, 6) is 0. The van der Waals surface area contributed by atoms with Gasteiger partial charge in [0.25, 0.3) is 0 Å². The van der Waals surface area contributed by atoms with E-state index >= 15 is 0 Å². The molecule has 70 valence electrons. The summed E-state index contributed by atoms with van der Waals surface area (Å²) in [7, 11) is 0. The summed E-state index contributed by atoms with van der Waals surface area (Å²) < 4.78 is 36.0. The number of alkyl halides is 3. The van der Waals surface area contributed by atoms with Gasteiger partial charge in [0.2, 0.25) is 0 Å². The zero-order valence-corrected chi connectivity index (χ0v) is 6.44. The summed E-state index contributed by atoms with van der Waals surface area (Å²) in [6, 6.07) is 0.768. The van der Waals surface area contributed by atoms with Crippen LogP contribution in [0.2, 0.25) is 0 Å². The highest BCUT2D eigenvalue weighted by atomic mass is 19.4. The number of rotatable bonds is 2. The Bertz CT molecular complexity index is 337. The highest BCUT2D eigenvalue weighted by Crippen LogP contribution is 2.27. The Kier molecular flexibility index (Phi) is 2.22. The zero-order chi connectivity index (χ0) is 10.1. The monoisotopic (exact) mass is 189 g/mol. The van der Waals surface area contributed by atoms with Gasteiger partial charge in [-0.1, -0.05) is 6.58 Å². The van der Waals surface area contributed by atoms with E-state index in [1.807, 2.05) is 0 Å². The number of nitrogens with zero attached hydrogens (tertiary/aromatic N) is 1. The van der Waals surface area contributed by atoms with Gasteiger partial charge in [-0.15, -0.1) is 0 Å². The van der Waals surface area contributed by atoms with Crippen molar-refractivity contribution in [3.05, 3.63) is 30.1 Å². The first-order chi connectivity index (χ1) is 5.95. The van der Waals surface area contributed by atoms with Crippen molar-refractivity contribution >= 4 is 5.71 Å². The van der Waals surface area contributed by atoms with Gasteiger partial charge in [0.1, 0.15) is 11.4 Å². The zero-order valence-electron chi connectivity index (χ0n) is 6.44. The van der Waals surface area contributed by atoms with Crippen LogP contribution in [0, 0.1) is 5.41 Å². The van der Waals surface area contributed by atoms with Crippen LogP contribution in [0.4, 0.5) is 13.2 Å². The average molecular weight is 189 g/mol. The molecule has 1 aromatic rings. The van der Waals surface area contributed by atoms with Crippen molar-refractivity contribution in [1.29, 1.82) is 5.41 Å². The normalized spacial score (nSPS) is 11.3. The van der Waals surface area contributed by atoms with Gasteiger partial charge in [0.05, 0.1) is 5.71 Å². The molecule has 0 aliphatic rings. The maximum atomic E-state index is 12.0. The lowest BCUT2D eigenvalue weighted by atomic mass is 10.2. The minimum atomic E-state index is -4.45. The SMILES string of the molecule is C=CC(=N)c1cc(C(F)(F)F)[nH]n1. The third kappa shape index (κ3) is 1.95. The molecule has 3 nitrogen and oxygen atoms in total. The standard InChI is InChI=1S/C7H6F3N3/c1-2-4(11)5-3-6(13-12-5)7(8,9)10/h2-3,11H,1H2,(H,12,13). The van der Waals surface area contributed by atoms with Crippen molar-refractivity contribution in [2.75, 3.05) is 0 Å². The first-order valence-electron chi connectivity index (χ1n) is 3.29. The fraction of sp³-hybridized carbons (Fsp3) is 0.143. The molecule has 0 unspecified atom stereocenters. The van der Waals surface area contributed by atoms with Gasteiger partial charge in [0.15, 0.2) is 0 Å². The number of hydrogen-bond donors (Lipinski definition) is 2. The van der Waals surface area contributed by atoms with Crippen molar-refractivity contribution < 1.29 is 13.2 Å². The molecule has 0 saturated heterocycles. The predicted molar refractivity (Wildman–Crippen MR) is 40.6 cm³/mol. The second kappa shape index (κ2) is 3.04. The molecule has 0 atom stereocenters. The van der Waals surface area contributed by atoms with Crippen LogP contribution in [0.5, 0.6) is 0 Å². The molecule has 0 aliphatic heterocycles. The second-order valence-electron chi connectivity index (χ2n) is 2.28. The number of aromatic nitrogens is 2. The van der Waals surface area contributed by atoms with Crippen molar-refractivity contribution in [2.45, 2.75) is 6.18 Å². The largest absolute Gasteiger partial charge is 0.432 e. The molecule has 0 aliphatic carbocycles. The van der Waals surface area contributed by atoms with Gasteiger partial charge >= 0.3 is 6.18 Å². The quantitative estimate of drug-likeness (QED) is 0.686. The Morgan fingerprint density at radius 3 is 2.62 bits per heavy atom. The minimum Gasteiger partial charge on any atom is -0.299 e. The third-order valence-corrected chi connectivity index (χ3v) is 1.36. The predicted octanol–water partition coefficient (Wildman–Crippen LogP) is 1.98. The highest BCUT2D eigenvalue weighted by Gasteiger charge is 2.33. The second-order valence-corrected chi connectivity index (χ2v) is 2.28. The van der Waals surface area contributed by atoms with Crippen LogP contribution in [-0.4, -0.2) is 15.9 Å². The summed E-state index contributed by atoms with van der Waals surface area (Å²) >= 11 is 0. The summed E-state index contributed by atoms with van der Waals surface area (Å²) in [5, 5.41) is 12.2. The maximum absolute atomic E-state index is 12.0. The Morgan fingerprint density at radius 2 is 2.23 bits per heavy atom. The molecule has 1 heterocycles. The van der Waals surface area contributed by atoms with Crippen LogP contribution in [0.25, 0.3) is 0 Å². The van der Waals surface area contributed by atoms with Crippen molar-refractivity contribution in [2.24, 2.45) is 0 Å². The van der Waals surface area contributed by atoms with Crippen LogP contribution in [0.15, 0.2) is 18.7 Å². The first kappa shape index (κ1) is 9.50. The van der Waals surface area contributed by atoms with Crippen LogP contribution in [-0.2, 0) is 6.18 Å². The molecule has 0 amide bonds. The van der Waals surface area contributed by atoms with Crippen molar-refractivity contribution in [1.82, 2.24) is 10.2 Å². The van der Waals surface area contributed by atoms with Crippen LogP contribution >= 0.6 is 0 Å². The van der Waals surface area contributed by atoms with E-state index in [2.05, 4.69) is 11.7 Å². The van der Waals surface area contributed by atoms with Crippen molar-refractivity contribution in [3.63, 3.8) is 0 Å². The molecule has 0 spiro atoms. The fourth-order valence-corrected chi connectivity index (χ4v) is 0.709. The van der Waals surface area contributed by atoms with Crippen LogP contribution in [0.1, 0.15) is 11.4 Å².